The van der Waals surface area contributed by atoms with Gasteiger partial charge >= 0.3 is 0 Å². The zero-order valence-electron chi connectivity index (χ0n) is 12.5. The molecule has 0 N–H and O–H groups in total. The van der Waals surface area contributed by atoms with Crippen LogP contribution >= 0.6 is 11.3 Å². The lowest BCUT2D eigenvalue weighted by atomic mass is 10.1. The van der Waals surface area contributed by atoms with Gasteiger partial charge < -0.3 is 4.74 Å². The van der Waals surface area contributed by atoms with Crippen LogP contribution < -0.4 is 4.74 Å². The maximum Gasteiger partial charge on any atom is 0.270 e. The minimum absolute atomic E-state index is 0.0228. The molecule has 0 radical (unpaired) electrons. The van der Waals surface area contributed by atoms with E-state index in [1.54, 1.807) is 31.5 Å². The fourth-order valence-corrected chi connectivity index (χ4v) is 2.83. The van der Waals surface area contributed by atoms with Crippen molar-refractivity contribution < 1.29 is 13.5 Å². The first-order valence-corrected chi connectivity index (χ1v) is 7.61. The van der Waals surface area contributed by atoms with E-state index in [2.05, 4.69) is 15.2 Å². The molecule has 0 fully saturated rings. The van der Waals surface area contributed by atoms with Gasteiger partial charge in [-0.1, -0.05) is 35.6 Å². The van der Waals surface area contributed by atoms with E-state index in [0.29, 0.717) is 15.9 Å². The highest BCUT2D eigenvalue weighted by Crippen LogP contribution is 2.32. The van der Waals surface area contributed by atoms with E-state index < -0.39 is 5.92 Å². The first-order chi connectivity index (χ1) is 11.0. The van der Waals surface area contributed by atoms with Crippen molar-refractivity contribution in [2.45, 2.75) is 12.8 Å². The Morgan fingerprint density at radius 2 is 1.57 bits per heavy atom. The van der Waals surface area contributed by atoms with Gasteiger partial charge in [0.25, 0.3) is 5.92 Å². The lowest BCUT2D eigenvalue weighted by Crippen LogP contribution is -2.06. The van der Waals surface area contributed by atoms with Crippen LogP contribution in [0.15, 0.2) is 42.6 Å². The van der Waals surface area contributed by atoms with Crippen molar-refractivity contribution in [1.82, 2.24) is 15.2 Å². The third-order valence-corrected chi connectivity index (χ3v) is 4.28. The molecule has 0 amide bonds. The van der Waals surface area contributed by atoms with Gasteiger partial charge in [0.15, 0.2) is 0 Å². The SMILES string of the molecule is COc1ccc(-c2nnc(-c3ccc(C(C)(F)F)cc3)s2)cn1. The number of pyridine rings is 1. The smallest absolute Gasteiger partial charge is 0.270 e. The van der Waals surface area contributed by atoms with Gasteiger partial charge in [0.05, 0.1) is 7.11 Å². The summed E-state index contributed by atoms with van der Waals surface area (Å²) in [5.41, 5.74) is 1.56. The molecular weight excluding hydrogens is 320 g/mol. The van der Waals surface area contributed by atoms with E-state index in [9.17, 15) is 8.78 Å². The summed E-state index contributed by atoms with van der Waals surface area (Å²) in [7, 11) is 1.55. The molecule has 2 aromatic heterocycles. The van der Waals surface area contributed by atoms with Crippen molar-refractivity contribution in [1.29, 1.82) is 0 Å². The molecule has 4 nitrogen and oxygen atoms in total. The Hall–Kier alpha value is -2.41. The number of halogens is 2. The van der Waals surface area contributed by atoms with Crippen LogP contribution in [0.2, 0.25) is 0 Å². The molecular formula is C16H13F2N3OS. The van der Waals surface area contributed by atoms with Crippen LogP contribution in [0.1, 0.15) is 12.5 Å². The summed E-state index contributed by atoms with van der Waals surface area (Å²) in [5, 5.41) is 9.62. The van der Waals surface area contributed by atoms with E-state index in [4.69, 9.17) is 4.74 Å². The van der Waals surface area contributed by atoms with Crippen molar-refractivity contribution >= 4 is 11.3 Å². The minimum Gasteiger partial charge on any atom is -0.481 e. The third-order valence-electron chi connectivity index (χ3n) is 3.26. The zero-order chi connectivity index (χ0) is 16.4. The summed E-state index contributed by atoms with van der Waals surface area (Å²) in [4.78, 5) is 4.13. The Kier molecular flexibility index (Phi) is 4.04. The van der Waals surface area contributed by atoms with Crippen LogP contribution in [0.25, 0.3) is 21.1 Å². The zero-order valence-corrected chi connectivity index (χ0v) is 13.3. The summed E-state index contributed by atoms with van der Waals surface area (Å²) in [6, 6.07) is 9.66. The molecule has 0 aliphatic heterocycles. The molecule has 0 atom stereocenters. The predicted octanol–water partition coefficient (Wildman–Crippen LogP) is 4.39. The largest absolute Gasteiger partial charge is 0.481 e. The van der Waals surface area contributed by atoms with E-state index in [1.807, 2.05) is 6.07 Å². The number of benzene rings is 1. The predicted molar refractivity (Wildman–Crippen MR) is 84.7 cm³/mol. The normalized spacial score (nSPS) is 11.5. The molecule has 1 aromatic carbocycles. The number of ether oxygens (including phenoxy) is 1. The standard InChI is InChI=1S/C16H13F2N3OS/c1-16(17,18)12-6-3-10(4-7-12)14-20-21-15(23-14)11-5-8-13(22-2)19-9-11/h3-9H,1-2H3. The molecule has 0 unspecified atom stereocenters. The second-order valence-corrected chi connectivity index (χ2v) is 5.94. The van der Waals surface area contributed by atoms with Crippen LogP contribution in [-0.2, 0) is 5.92 Å². The Bertz CT molecular complexity index is 795. The summed E-state index contributed by atoms with van der Waals surface area (Å²) in [6.45, 7) is 0.877. The van der Waals surface area contributed by atoms with Crippen LogP contribution in [0.3, 0.4) is 0 Å². The van der Waals surface area contributed by atoms with Gasteiger partial charge in [-0.15, -0.1) is 10.2 Å². The fraction of sp³-hybridized carbons (Fsp3) is 0.188. The highest BCUT2D eigenvalue weighted by Gasteiger charge is 2.23. The number of methoxy groups -OCH3 is 1. The quantitative estimate of drug-likeness (QED) is 0.710. The number of aromatic nitrogens is 3. The van der Waals surface area contributed by atoms with Gasteiger partial charge in [0.1, 0.15) is 10.0 Å². The lowest BCUT2D eigenvalue weighted by Gasteiger charge is -2.10. The number of nitrogens with zero attached hydrogens (tertiary/aromatic N) is 3. The van der Waals surface area contributed by atoms with Gasteiger partial charge in [-0.3, -0.25) is 0 Å². The number of hydrogen-bond acceptors (Lipinski definition) is 5. The van der Waals surface area contributed by atoms with Crippen molar-refractivity contribution in [3.63, 3.8) is 0 Å². The third kappa shape index (κ3) is 3.34. The number of alkyl halides is 2. The molecule has 23 heavy (non-hydrogen) atoms. The van der Waals surface area contributed by atoms with Crippen LogP contribution in [0.5, 0.6) is 5.88 Å². The second-order valence-electron chi connectivity index (χ2n) is 4.97. The molecule has 0 saturated carbocycles. The molecule has 0 aliphatic carbocycles. The Morgan fingerprint density at radius 1 is 0.957 bits per heavy atom. The molecule has 3 aromatic rings. The second kappa shape index (κ2) is 6.00. The minimum atomic E-state index is -2.85. The molecule has 0 aliphatic rings. The Labute approximate surface area is 135 Å². The van der Waals surface area contributed by atoms with Crippen LogP contribution in [0.4, 0.5) is 8.78 Å². The highest BCUT2D eigenvalue weighted by molar-refractivity contribution is 7.17. The highest BCUT2D eigenvalue weighted by atomic mass is 32.1. The summed E-state index contributed by atoms with van der Waals surface area (Å²) in [5.74, 6) is -2.32. The molecule has 118 valence electrons. The first-order valence-electron chi connectivity index (χ1n) is 6.80. The molecule has 2 heterocycles. The lowest BCUT2D eigenvalue weighted by molar-refractivity contribution is 0.0175. The summed E-state index contributed by atoms with van der Waals surface area (Å²) < 4.78 is 31.5. The maximum absolute atomic E-state index is 13.2. The fourth-order valence-electron chi connectivity index (χ4n) is 1.99. The first kappa shape index (κ1) is 15.5. The summed E-state index contributed by atoms with van der Waals surface area (Å²) >= 11 is 1.38. The molecule has 0 bridgehead atoms. The number of rotatable bonds is 4. The van der Waals surface area contributed by atoms with Crippen molar-refractivity contribution in [3.8, 4) is 27.0 Å². The van der Waals surface area contributed by atoms with Gasteiger partial charge in [-0.25, -0.2) is 13.8 Å². The maximum atomic E-state index is 13.2. The van der Waals surface area contributed by atoms with Gasteiger partial charge in [-0.05, 0) is 6.07 Å². The Morgan fingerprint density at radius 3 is 2.09 bits per heavy atom. The van der Waals surface area contributed by atoms with Crippen LogP contribution in [-0.4, -0.2) is 22.3 Å². The average molecular weight is 333 g/mol. The van der Waals surface area contributed by atoms with E-state index in [0.717, 1.165) is 18.1 Å². The van der Waals surface area contributed by atoms with Gasteiger partial charge in [-0.2, -0.15) is 0 Å². The Balaban J connectivity index is 1.86. The molecule has 3 rings (SSSR count). The van der Waals surface area contributed by atoms with Gasteiger partial charge in [0.2, 0.25) is 5.88 Å². The molecule has 0 saturated heterocycles. The van der Waals surface area contributed by atoms with E-state index >= 15 is 0 Å². The van der Waals surface area contributed by atoms with Crippen molar-refractivity contribution in [2.75, 3.05) is 7.11 Å². The summed E-state index contributed by atoms with van der Waals surface area (Å²) in [6.07, 6.45) is 1.66. The van der Waals surface area contributed by atoms with Gasteiger partial charge in [0, 0.05) is 35.9 Å². The number of hydrogen-bond donors (Lipinski definition) is 0. The van der Waals surface area contributed by atoms with Crippen LogP contribution in [0, 0.1) is 0 Å². The van der Waals surface area contributed by atoms with E-state index in [-0.39, 0.29) is 5.56 Å². The topological polar surface area (TPSA) is 47.9 Å². The van der Waals surface area contributed by atoms with E-state index in [1.165, 1.54) is 23.5 Å². The monoisotopic (exact) mass is 333 g/mol. The van der Waals surface area contributed by atoms with Crippen molar-refractivity contribution in [3.05, 3.63) is 48.2 Å². The average Bonchev–Trinajstić information content (AvgIpc) is 3.04. The molecule has 7 heteroatoms. The molecule has 0 spiro atoms. The van der Waals surface area contributed by atoms with Crippen molar-refractivity contribution in [2.24, 2.45) is 0 Å².